The van der Waals surface area contributed by atoms with Crippen LogP contribution in [-0.2, 0) is 0 Å². The first-order chi connectivity index (χ1) is 13.0. The normalized spacial score (nSPS) is 10.7. The van der Waals surface area contributed by atoms with E-state index in [-0.39, 0.29) is 11.4 Å². The van der Waals surface area contributed by atoms with Crippen LogP contribution in [0.15, 0.2) is 66.7 Å². The van der Waals surface area contributed by atoms with Crippen LogP contribution in [0.4, 0.5) is 15.8 Å². The summed E-state index contributed by atoms with van der Waals surface area (Å²) in [6, 6.07) is 18.4. The number of methoxy groups -OCH3 is 1. The molecule has 0 unspecified atom stereocenters. The molecular formula is C22H18FNO3. The first-order valence-corrected chi connectivity index (χ1v) is 8.27. The minimum absolute atomic E-state index is 0.140. The lowest BCUT2D eigenvalue weighted by Crippen LogP contribution is -2.03. The fraction of sp³-hybridized carbons (Fsp3) is 0.0455. The molecule has 0 aliphatic heterocycles. The third kappa shape index (κ3) is 4.73. The van der Waals surface area contributed by atoms with Crippen molar-refractivity contribution >= 4 is 29.5 Å². The number of hydrogen-bond acceptors (Lipinski definition) is 3. The van der Waals surface area contributed by atoms with E-state index in [1.807, 2.05) is 36.4 Å². The lowest BCUT2D eigenvalue weighted by Gasteiger charge is -2.11. The summed E-state index contributed by atoms with van der Waals surface area (Å²) in [5.41, 5.74) is 3.01. The Balaban J connectivity index is 1.86. The van der Waals surface area contributed by atoms with Gasteiger partial charge >= 0.3 is 5.97 Å². The maximum absolute atomic E-state index is 13.1. The summed E-state index contributed by atoms with van der Waals surface area (Å²) in [6.07, 6.45) is 3.82. The molecule has 0 saturated heterocycles. The van der Waals surface area contributed by atoms with Crippen LogP contribution in [-0.4, -0.2) is 18.2 Å². The van der Waals surface area contributed by atoms with E-state index in [1.165, 1.54) is 12.1 Å². The van der Waals surface area contributed by atoms with Gasteiger partial charge in [0.15, 0.2) is 0 Å². The molecule has 0 aliphatic rings. The molecular weight excluding hydrogens is 345 g/mol. The zero-order valence-electron chi connectivity index (χ0n) is 14.6. The summed E-state index contributed by atoms with van der Waals surface area (Å²) < 4.78 is 18.2. The number of aromatic carboxylic acids is 1. The molecule has 3 aromatic carbocycles. The number of nitrogens with one attached hydrogen (secondary N) is 1. The van der Waals surface area contributed by atoms with Gasteiger partial charge in [0.2, 0.25) is 0 Å². The number of carboxylic acid groups (broad SMARTS) is 1. The topological polar surface area (TPSA) is 58.6 Å². The molecule has 4 nitrogen and oxygen atoms in total. The van der Waals surface area contributed by atoms with Gasteiger partial charge in [-0.3, -0.25) is 0 Å². The van der Waals surface area contributed by atoms with Crippen molar-refractivity contribution in [2.75, 3.05) is 12.4 Å². The smallest absolute Gasteiger partial charge is 0.337 e. The van der Waals surface area contributed by atoms with Crippen LogP contribution in [0, 0.1) is 5.82 Å². The number of hydrogen-bond donors (Lipinski definition) is 2. The van der Waals surface area contributed by atoms with Crippen LogP contribution >= 0.6 is 0 Å². The van der Waals surface area contributed by atoms with Crippen molar-refractivity contribution in [3.8, 4) is 5.75 Å². The number of carboxylic acids is 1. The summed E-state index contributed by atoms with van der Waals surface area (Å²) in [5.74, 6) is -0.607. The SMILES string of the molecule is COc1ccc(/C=C/c2ccc(C(=O)O)c(Nc3ccc(F)cc3)c2)cc1. The van der Waals surface area contributed by atoms with E-state index < -0.39 is 5.97 Å². The van der Waals surface area contributed by atoms with Crippen LogP contribution in [0.3, 0.4) is 0 Å². The Morgan fingerprint density at radius 1 is 0.963 bits per heavy atom. The highest BCUT2D eigenvalue weighted by atomic mass is 19.1. The fourth-order valence-electron chi connectivity index (χ4n) is 2.55. The minimum Gasteiger partial charge on any atom is -0.497 e. The first-order valence-electron chi connectivity index (χ1n) is 8.27. The lowest BCUT2D eigenvalue weighted by molar-refractivity contribution is 0.0698. The lowest BCUT2D eigenvalue weighted by atomic mass is 10.1. The summed E-state index contributed by atoms with van der Waals surface area (Å²) in [4.78, 5) is 11.5. The second-order valence-corrected chi connectivity index (χ2v) is 5.85. The predicted molar refractivity (Wildman–Crippen MR) is 105 cm³/mol. The molecule has 0 aromatic heterocycles. The van der Waals surface area contributed by atoms with E-state index in [1.54, 1.807) is 37.4 Å². The molecule has 0 amide bonds. The molecule has 0 spiro atoms. The zero-order valence-corrected chi connectivity index (χ0v) is 14.6. The molecule has 0 heterocycles. The van der Waals surface area contributed by atoms with Gasteiger partial charge in [-0.05, 0) is 59.7 Å². The molecule has 0 aliphatic carbocycles. The van der Waals surface area contributed by atoms with Gasteiger partial charge in [-0.2, -0.15) is 0 Å². The third-order valence-electron chi connectivity index (χ3n) is 3.98. The highest BCUT2D eigenvalue weighted by Gasteiger charge is 2.10. The first kappa shape index (κ1) is 18.2. The summed E-state index contributed by atoms with van der Waals surface area (Å²) in [6.45, 7) is 0. The highest BCUT2D eigenvalue weighted by Crippen LogP contribution is 2.24. The Morgan fingerprint density at radius 3 is 2.22 bits per heavy atom. The number of rotatable bonds is 6. The van der Waals surface area contributed by atoms with Crippen LogP contribution in [0.25, 0.3) is 12.2 Å². The van der Waals surface area contributed by atoms with Gasteiger partial charge in [-0.1, -0.05) is 30.4 Å². The molecule has 0 atom stereocenters. The van der Waals surface area contributed by atoms with E-state index in [9.17, 15) is 14.3 Å². The Bertz CT molecular complexity index is 964. The Hall–Kier alpha value is -3.60. The van der Waals surface area contributed by atoms with E-state index in [4.69, 9.17) is 4.74 Å². The van der Waals surface area contributed by atoms with Crippen molar-refractivity contribution in [1.29, 1.82) is 0 Å². The van der Waals surface area contributed by atoms with E-state index >= 15 is 0 Å². The second-order valence-electron chi connectivity index (χ2n) is 5.85. The van der Waals surface area contributed by atoms with Gasteiger partial charge in [-0.25, -0.2) is 9.18 Å². The van der Waals surface area contributed by atoms with Crippen molar-refractivity contribution < 1.29 is 19.0 Å². The van der Waals surface area contributed by atoms with Crippen molar-refractivity contribution in [3.05, 3.63) is 89.2 Å². The van der Waals surface area contributed by atoms with E-state index in [2.05, 4.69) is 5.32 Å². The largest absolute Gasteiger partial charge is 0.497 e. The molecule has 2 N–H and O–H groups in total. The van der Waals surface area contributed by atoms with Crippen LogP contribution in [0.2, 0.25) is 0 Å². The standard InChI is InChI=1S/C22H18FNO3/c1-27-19-11-4-15(5-12-19)2-3-16-6-13-20(22(25)26)21(14-16)24-18-9-7-17(23)8-10-18/h2-14,24H,1H3,(H,25,26)/b3-2+. The molecule has 0 bridgehead atoms. The average molecular weight is 363 g/mol. The van der Waals surface area contributed by atoms with Gasteiger partial charge < -0.3 is 15.2 Å². The summed E-state index contributed by atoms with van der Waals surface area (Å²) in [5, 5.41) is 12.4. The maximum Gasteiger partial charge on any atom is 0.337 e. The fourth-order valence-corrected chi connectivity index (χ4v) is 2.55. The highest BCUT2D eigenvalue weighted by molar-refractivity contribution is 5.96. The zero-order chi connectivity index (χ0) is 19.2. The van der Waals surface area contributed by atoms with Crippen LogP contribution in [0.5, 0.6) is 5.75 Å². The Morgan fingerprint density at radius 2 is 1.59 bits per heavy atom. The van der Waals surface area contributed by atoms with Gasteiger partial charge in [-0.15, -0.1) is 0 Å². The summed E-state index contributed by atoms with van der Waals surface area (Å²) >= 11 is 0. The minimum atomic E-state index is -1.04. The Labute approximate surface area is 156 Å². The second kappa shape index (κ2) is 8.19. The van der Waals surface area contributed by atoms with Gasteiger partial charge in [0.1, 0.15) is 11.6 Å². The van der Waals surface area contributed by atoms with Crippen LogP contribution < -0.4 is 10.1 Å². The molecule has 5 heteroatoms. The van der Waals surface area contributed by atoms with Gasteiger partial charge in [0.25, 0.3) is 0 Å². The quantitative estimate of drug-likeness (QED) is 0.572. The van der Waals surface area contributed by atoms with Crippen molar-refractivity contribution in [2.24, 2.45) is 0 Å². The molecule has 3 rings (SSSR count). The monoisotopic (exact) mass is 363 g/mol. The van der Waals surface area contributed by atoms with Crippen molar-refractivity contribution in [1.82, 2.24) is 0 Å². The molecule has 136 valence electrons. The molecule has 27 heavy (non-hydrogen) atoms. The maximum atomic E-state index is 13.1. The molecule has 3 aromatic rings. The number of ether oxygens (including phenoxy) is 1. The van der Waals surface area contributed by atoms with Gasteiger partial charge in [0, 0.05) is 5.69 Å². The van der Waals surface area contributed by atoms with Gasteiger partial charge in [0.05, 0.1) is 18.4 Å². The predicted octanol–water partition coefficient (Wildman–Crippen LogP) is 5.45. The van der Waals surface area contributed by atoms with Crippen LogP contribution in [0.1, 0.15) is 21.5 Å². The van der Waals surface area contributed by atoms with E-state index in [0.717, 1.165) is 16.9 Å². The van der Waals surface area contributed by atoms with Crippen molar-refractivity contribution in [3.63, 3.8) is 0 Å². The Kier molecular flexibility index (Phi) is 5.52. The number of benzene rings is 3. The summed E-state index contributed by atoms with van der Waals surface area (Å²) in [7, 11) is 1.62. The molecule has 0 radical (unpaired) electrons. The average Bonchev–Trinajstić information content (AvgIpc) is 2.68. The number of carbonyl (C=O) groups is 1. The molecule has 0 saturated carbocycles. The van der Waals surface area contributed by atoms with Crippen molar-refractivity contribution in [2.45, 2.75) is 0 Å². The third-order valence-corrected chi connectivity index (χ3v) is 3.98. The number of anilines is 2. The van der Waals surface area contributed by atoms with E-state index in [0.29, 0.717) is 11.4 Å². The molecule has 0 fully saturated rings. The number of halogens is 1.